The van der Waals surface area contributed by atoms with Gasteiger partial charge in [0.25, 0.3) is 5.91 Å². The van der Waals surface area contributed by atoms with Crippen LogP contribution in [0.15, 0.2) is 0 Å². The fourth-order valence-corrected chi connectivity index (χ4v) is 2.99. The average molecular weight is 319 g/mol. The SMILES string of the molecule is CC(N)C1CCCN(CCN2C(=O)NC(C)(C)C2=O)C1.Cl. The van der Waals surface area contributed by atoms with E-state index in [1.54, 1.807) is 13.8 Å². The first-order valence-corrected chi connectivity index (χ1v) is 7.43. The first-order chi connectivity index (χ1) is 9.31. The fraction of sp³-hybridized carbons (Fsp3) is 0.857. The molecule has 0 aromatic carbocycles. The number of amides is 3. The molecule has 2 fully saturated rings. The van der Waals surface area contributed by atoms with Crippen molar-refractivity contribution in [1.82, 2.24) is 15.1 Å². The molecule has 0 radical (unpaired) electrons. The Hall–Kier alpha value is -0.850. The van der Waals surface area contributed by atoms with Crippen molar-refractivity contribution in [3.05, 3.63) is 0 Å². The molecule has 2 saturated heterocycles. The third kappa shape index (κ3) is 4.08. The lowest BCUT2D eigenvalue weighted by Crippen LogP contribution is -2.46. The van der Waals surface area contributed by atoms with Gasteiger partial charge in [0.15, 0.2) is 0 Å². The summed E-state index contributed by atoms with van der Waals surface area (Å²) >= 11 is 0. The van der Waals surface area contributed by atoms with Gasteiger partial charge in [-0.1, -0.05) is 0 Å². The Balaban J connectivity index is 0.00000220. The topological polar surface area (TPSA) is 78.7 Å². The number of nitrogens with two attached hydrogens (primary N) is 1. The molecular formula is C14H27ClN4O2. The molecule has 3 N–H and O–H groups in total. The van der Waals surface area contributed by atoms with Crippen LogP contribution in [0.3, 0.4) is 0 Å². The van der Waals surface area contributed by atoms with Crippen LogP contribution in [0.1, 0.15) is 33.6 Å². The van der Waals surface area contributed by atoms with Gasteiger partial charge in [-0.3, -0.25) is 9.69 Å². The lowest BCUT2D eigenvalue weighted by Gasteiger charge is -2.35. The van der Waals surface area contributed by atoms with E-state index in [1.807, 2.05) is 6.92 Å². The van der Waals surface area contributed by atoms with Crippen molar-refractivity contribution in [2.75, 3.05) is 26.2 Å². The molecule has 0 aliphatic carbocycles. The molecule has 0 aromatic heterocycles. The van der Waals surface area contributed by atoms with E-state index < -0.39 is 5.54 Å². The van der Waals surface area contributed by atoms with E-state index in [0.29, 0.717) is 12.5 Å². The van der Waals surface area contributed by atoms with Crippen molar-refractivity contribution in [1.29, 1.82) is 0 Å². The number of urea groups is 1. The van der Waals surface area contributed by atoms with Gasteiger partial charge < -0.3 is 16.0 Å². The molecule has 2 aliphatic rings. The van der Waals surface area contributed by atoms with Crippen LogP contribution in [0.25, 0.3) is 0 Å². The lowest BCUT2D eigenvalue weighted by molar-refractivity contribution is -0.130. The molecule has 2 atom stereocenters. The first-order valence-electron chi connectivity index (χ1n) is 7.43. The van der Waals surface area contributed by atoms with Crippen molar-refractivity contribution in [2.24, 2.45) is 11.7 Å². The first kappa shape index (κ1) is 18.2. The molecular weight excluding hydrogens is 292 g/mol. The highest BCUT2D eigenvalue weighted by Gasteiger charge is 2.44. The highest BCUT2D eigenvalue weighted by Crippen LogP contribution is 2.20. The van der Waals surface area contributed by atoms with E-state index >= 15 is 0 Å². The zero-order valence-electron chi connectivity index (χ0n) is 13.1. The van der Waals surface area contributed by atoms with Crippen LogP contribution in [0.5, 0.6) is 0 Å². The van der Waals surface area contributed by atoms with Crippen molar-refractivity contribution in [3.8, 4) is 0 Å². The van der Waals surface area contributed by atoms with Gasteiger partial charge in [-0.25, -0.2) is 4.79 Å². The summed E-state index contributed by atoms with van der Waals surface area (Å²) in [5.41, 5.74) is 5.20. The minimum atomic E-state index is -0.771. The molecule has 6 nitrogen and oxygen atoms in total. The second kappa shape index (κ2) is 6.94. The number of halogens is 1. The summed E-state index contributed by atoms with van der Waals surface area (Å²) in [6.07, 6.45) is 2.31. The van der Waals surface area contributed by atoms with Gasteiger partial charge in [0.05, 0.1) is 0 Å². The van der Waals surface area contributed by atoms with Gasteiger partial charge in [-0.2, -0.15) is 0 Å². The number of nitrogens with zero attached hydrogens (tertiary/aromatic N) is 2. The molecule has 0 aromatic rings. The van der Waals surface area contributed by atoms with Crippen molar-refractivity contribution >= 4 is 24.3 Å². The third-order valence-corrected chi connectivity index (χ3v) is 4.37. The summed E-state index contributed by atoms with van der Waals surface area (Å²) in [7, 11) is 0. The smallest absolute Gasteiger partial charge is 0.325 e. The molecule has 0 bridgehead atoms. The van der Waals surface area contributed by atoms with Crippen molar-refractivity contribution < 1.29 is 9.59 Å². The maximum atomic E-state index is 12.1. The van der Waals surface area contributed by atoms with Crippen LogP contribution >= 0.6 is 12.4 Å². The molecule has 122 valence electrons. The van der Waals surface area contributed by atoms with E-state index in [0.717, 1.165) is 26.1 Å². The summed E-state index contributed by atoms with van der Waals surface area (Å²) in [4.78, 5) is 27.5. The predicted octanol–water partition coefficient (Wildman–Crippen LogP) is 0.798. The van der Waals surface area contributed by atoms with Crippen LogP contribution in [-0.2, 0) is 4.79 Å². The Morgan fingerprint density at radius 2 is 2.05 bits per heavy atom. The zero-order valence-corrected chi connectivity index (χ0v) is 13.9. The fourth-order valence-electron chi connectivity index (χ4n) is 2.99. The summed E-state index contributed by atoms with van der Waals surface area (Å²) in [6.45, 7) is 8.70. The quantitative estimate of drug-likeness (QED) is 0.751. The van der Waals surface area contributed by atoms with Crippen LogP contribution in [-0.4, -0.2) is 59.5 Å². The Morgan fingerprint density at radius 1 is 1.38 bits per heavy atom. The Morgan fingerprint density at radius 3 is 2.57 bits per heavy atom. The number of carbonyl (C=O) groups is 2. The third-order valence-electron chi connectivity index (χ3n) is 4.37. The number of piperidine rings is 1. The molecule has 2 rings (SSSR count). The molecule has 2 aliphatic heterocycles. The summed E-state index contributed by atoms with van der Waals surface area (Å²) < 4.78 is 0. The number of imide groups is 1. The second-order valence-electron chi connectivity index (χ2n) is 6.57. The lowest BCUT2D eigenvalue weighted by atomic mass is 9.92. The van der Waals surface area contributed by atoms with Crippen LogP contribution in [0, 0.1) is 5.92 Å². The highest BCUT2D eigenvalue weighted by atomic mass is 35.5. The molecule has 3 amide bonds. The number of carbonyl (C=O) groups excluding carboxylic acids is 2. The number of likely N-dealkylation sites (tertiary alicyclic amines) is 1. The van der Waals surface area contributed by atoms with Crippen molar-refractivity contribution in [3.63, 3.8) is 0 Å². The van der Waals surface area contributed by atoms with E-state index in [1.165, 1.54) is 11.3 Å². The monoisotopic (exact) mass is 318 g/mol. The van der Waals surface area contributed by atoms with Crippen LogP contribution in [0.2, 0.25) is 0 Å². The summed E-state index contributed by atoms with van der Waals surface area (Å²) in [6, 6.07) is -0.0748. The number of hydrogen-bond donors (Lipinski definition) is 2. The minimum absolute atomic E-state index is 0. The number of hydrogen-bond acceptors (Lipinski definition) is 4. The Bertz CT molecular complexity index is 400. The normalized spacial score (nSPS) is 27.2. The van der Waals surface area contributed by atoms with Gasteiger partial charge >= 0.3 is 6.03 Å². The molecule has 0 saturated carbocycles. The molecule has 2 unspecified atom stereocenters. The van der Waals surface area contributed by atoms with E-state index in [-0.39, 0.29) is 30.4 Å². The average Bonchev–Trinajstić information content (AvgIpc) is 2.57. The van der Waals surface area contributed by atoms with E-state index in [9.17, 15) is 9.59 Å². The highest BCUT2D eigenvalue weighted by molar-refractivity contribution is 6.06. The molecule has 7 heteroatoms. The van der Waals surface area contributed by atoms with Gasteiger partial charge in [0.1, 0.15) is 5.54 Å². The predicted molar refractivity (Wildman–Crippen MR) is 84.4 cm³/mol. The van der Waals surface area contributed by atoms with Crippen LogP contribution in [0.4, 0.5) is 4.79 Å². The van der Waals surface area contributed by atoms with Gasteiger partial charge in [0, 0.05) is 25.7 Å². The van der Waals surface area contributed by atoms with Crippen molar-refractivity contribution in [2.45, 2.75) is 45.2 Å². The number of rotatable bonds is 4. The van der Waals surface area contributed by atoms with Crippen LogP contribution < -0.4 is 11.1 Å². The zero-order chi connectivity index (χ0) is 14.9. The number of nitrogens with one attached hydrogen (secondary N) is 1. The van der Waals surface area contributed by atoms with E-state index in [2.05, 4.69) is 10.2 Å². The molecule has 2 heterocycles. The van der Waals surface area contributed by atoms with Gasteiger partial charge in [0.2, 0.25) is 0 Å². The van der Waals surface area contributed by atoms with Gasteiger partial charge in [-0.05, 0) is 46.1 Å². The van der Waals surface area contributed by atoms with Gasteiger partial charge in [-0.15, -0.1) is 12.4 Å². The molecule has 0 spiro atoms. The summed E-state index contributed by atoms with van der Waals surface area (Å²) in [5.74, 6) is 0.381. The standard InChI is InChI=1S/C14H26N4O2.ClH/c1-10(15)11-5-4-6-17(9-11)7-8-18-12(19)14(2,3)16-13(18)20;/h10-11H,4-9,15H2,1-3H3,(H,16,20);1H. The van der Waals surface area contributed by atoms with E-state index in [4.69, 9.17) is 5.73 Å². The maximum Gasteiger partial charge on any atom is 0.325 e. The Labute approximate surface area is 132 Å². The minimum Gasteiger partial charge on any atom is -0.328 e. The largest absolute Gasteiger partial charge is 0.328 e. The summed E-state index contributed by atoms with van der Waals surface area (Å²) in [5, 5.41) is 2.71. The Kier molecular flexibility index (Phi) is 6.01. The maximum absolute atomic E-state index is 12.1. The molecule has 21 heavy (non-hydrogen) atoms. The second-order valence-corrected chi connectivity index (χ2v) is 6.57.